The summed E-state index contributed by atoms with van der Waals surface area (Å²) in [7, 11) is 0. The lowest BCUT2D eigenvalue weighted by Crippen LogP contribution is -2.30. The minimum absolute atomic E-state index is 0.0700. The largest absolute Gasteiger partial charge is 0.478 e. The quantitative estimate of drug-likeness (QED) is 0.788. The molecule has 132 valence electrons. The third kappa shape index (κ3) is 3.35. The summed E-state index contributed by atoms with van der Waals surface area (Å²) in [6.07, 6.45) is 1.63. The van der Waals surface area contributed by atoms with Crippen molar-refractivity contribution in [2.24, 2.45) is 0 Å². The molecule has 0 saturated carbocycles. The topological polar surface area (TPSA) is 57.6 Å². The van der Waals surface area contributed by atoms with Crippen molar-refractivity contribution in [3.63, 3.8) is 0 Å². The van der Waals surface area contributed by atoms with Gasteiger partial charge >= 0.3 is 5.97 Å². The number of aryl methyl sites for hydroxylation is 1. The molecule has 1 heterocycles. The first-order chi connectivity index (χ1) is 12.4. The average Bonchev–Trinajstić information content (AvgIpc) is 2.73. The van der Waals surface area contributed by atoms with Gasteiger partial charge in [-0.3, -0.25) is 4.79 Å². The third-order valence-corrected chi connectivity index (χ3v) is 5.39. The van der Waals surface area contributed by atoms with Gasteiger partial charge < -0.3 is 10.0 Å². The highest BCUT2D eigenvalue weighted by Gasteiger charge is 2.29. The van der Waals surface area contributed by atoms with Crippen LogP contribution < -0.4 is 4.90 Å². The number of hydrogen-bond donors (Lipinski definition) is 1. The van der Waals surface area contributed by atoms with E-state index in [9.17, 15) is 14.7 Å². The first-order valence-corrected chi connectivity index (χ1v) is 8.95. The number of carbonyl (C=O) groups excluding carboxylic acids is 1. The molecule has 1 N–H and O–H groups in total. The van der Waals surface area contributed by atoms with Gasteiger partial charge in [0.25, 0.3) is 0 Å². The molecule has 0 atom stereocenters. The molecule has 0 fully saturated rings. The lowest BCUT2D eigenvalue weighted by molar-refractivity contribution is -0.133. The van der Waals surface area contributed by atoms with E-state index in [1.807, 2.05) is 49.4 Å². The fourth-order valence-corrected chi connectivity index (χ4v) is 3.69. The average molecular weight is 412 g/mol. The molecule has 0 radical (unpaired) electrons. The van der Waals surface area contributed by atoms with Gasteiger partial charge in [0.05, 0.1) is 24.2 Å². The fraction of sp³-hybridized carbons (Fsp3) is 0.143. The molecule has 0 spiro atoms. The third-order valence-electron chi connectivity index (χ3n) is 4.49. The van der Waals surface area contributed by atoms with Crippen LogP contribution in [0.15, 0.2) is 54.6 Å². The smallest absolute Gasteiger partial charge is 0.333 e. The van der Waals surface area contributed by atoms with Crippen molar-refractivity contribution >= 4 is 44.1 Å². The number of aliphatic carboxylic acids is 1. The van der Waals surface area contributed by atoms with Crippen LogP contribution in [0.1, 0.15) is 28.7 Å². The van der Waals surface area contributed by atoms with E-state index >= 15 is 0 Å². The minimum Gasteiger partial charge on any atom is -0.478 e. The second kappa shape index (κ2) is 7.30. The second-order valence-corrected chi connectivity index (χ2v) is 6.96. The molecule has 1 amide bonds. The monoisotopic (exact) mass is 411 g/mol. The van der Waals surface area contributed by atoms with Crippen LogP contribution in [0.3, 0.4) is 0 Å². The van der Waals surface area contributed by atoms with E-state index in [1.54, 1.807) is 11.0 Å². The molecule has 4 nitrogen and oxygen atoms in total. The Labute approximate surface area is 160 Å². The number of benzene rings is 2. The van der Waals surface area contributed by atoms with E-state index in [0.717, 1.165) is 16.7 Å². The molecule has 1 aliphatic rings. The van der Waals surface area contributed by atoms with Crippen molar-refractivity contribution in [1.29, 1.82) is 0 Å². The first-order valence-electron chi connectivity index (χ1n) is 8.16. The summed E-state index contributed by atoms with van der Waals surface area (Å²) in [5.41, 5.74) is 4.56. The lowest BCUT2D eigenvalue weighted by Gasteiger charge is -2.23. The maximum Gasteiger partial charge on any atom is 0.333 e. The molecule has 0 aliphatic carbocycles. The fourth-order valence-electron chi connectivity index (χ4n) is 3.05. The van der Waals surface area contributed by atoms with Crippen molar-refractivity contribution in [3.8, 4) is 0 Å². The van der Waals surface area contributed by atoms with Gasteiger partial charge in [0.15, 0.2) is 0 Å². The molecule has 3 rings (SSSR count). The van der Waals surface area contributed by atoms with Crippen molar-refractivity contribution in [1.82, 2.24) is 0 Å². The Hall–Kier alpha value is -2.66. The molecule has 0 unspecified atom stereocenters. The van der Waals surface area contributed by atoms with Gasteiger partial charge in [-0.25, -0.2) is 4.79 Å². The highest BCUT2D eigenvalue weighted by molar-refractivity contribution is 9.15. The predicted molar refractivity (Wildman–Crippen MR) is 107 cm³/mol. The molecule has 2 aromatic carbocycles. The Bertz CT molecular complexity index is 946. The van der Waals surface area contributed by atoms with E-state index in [-0.39, 0.29) is 17.9 Å². The zero-order chi connectivity index (χ0) is 18.8. The lowest BCUT2D eigenvalue weighted by atomic mass is 10.0. The van der Waals surface area contributed by atoms with Crippen LogP contribution in [0.4, 0.5) is 5.69 Å². The molecular weight excluding hydrogens is 394 g/mol. The van der Waals surface area contributed by atoms with Gasteiger partial charge in [-0.15, -0.1) is 0 Å². The van der Waals surface area contributed by atoms with E-state index < -0.39 is 5.97 Å². The number of carboxylic acid groups (broad SMARTS) is 1. The standard InChI is InChI=1S/C21H18BrNO3/c1-3-15-10-14(9-8-13(15)2)12-23-18-7-5-4-6-16(18)20(22)17(21(25)26)11-19(23)24/h3-10H,1,11-12H2,2H3,(H,25,26). The molecule has 2 aromatic rings. The number of hydrogen-bond acceptors (Lipinski definition) is 2. The molecular formula is C21H18BrNO3. The highest BCUT2D eigenvalue weighted by Crippen LogP contribution is 2.38. The van der Waals surface area contributed by atoms with E-state index in [2.05, 4.69) is 22.5 Å². The predicted octanol–water partition coefficient (Wildman–Crippen LogP) is 4.77. The normalized spacial score (nSPS) is 14.1. The van der Waals surface area contributed by atoms with Gasteiger partial charge in [-0.1, -0.05) is 43.0 Å². The number of halogens is 1. The zero-order valence-corrected chi connectivity index (χ0v) is 15.9. The summed E-state index contributed by atoms with van der Waals surface area (Å²) >= 11 is 3.38. The number of para-hydroxylation sites is 1. The summed E-state index contributed by atoms with van der Waals surface area (Å²) in [4.78, 5) is 26.1. The van der Waals surface area contributed by atoms with Crippen LogP contribution >= 0.6 is 15.9 Å². The minimum atomic E-state index is -1.09. The van der Waals surface area contributed by atoms with Crippen LogP contribution in [0.5, 0.6) is 0 Å². The Kier molecular flexibility index (Phi) is 5.09. The molecule has 0 saturated heterocycles. The maximum absolute atomic E-state index is 12.9. The zero-order valence-electron chi connectivity index (χ0n) is 14.3. The van der Waals surface area contributed by atoms with Crippen molar-refractivity contribution < 1.29 is 14.7 Å². The SMILES string of the molecule is C=Cc1cc(CN2C(=O)CC(C(=O)O)=C(Br)c3ccccc32)ccc1C. The first kappa shape index (κ1) is 18.1. The number of amides is 1. The highest BCUT2D eigenvalue weighted by atomic mass is 79.9. The maximum atomic E-state index is 12.9. The van der Waals surface area contributed by atoms with Crippen LogP contribution in [0.2, 0.25) is 0 Å². The number of carboxylic acids is 1. The number of rotatable bonds is 4. The van der Waals surface area contributed by atoms with Crippen LogP contribution in [-0.2, 0) is 16.1 Å². The van der Waals surface area contributed by atoms with Crippen LogP contribution in [0.25, 0.3) is 10.6 Å². The Morgan fingerprint density at radius 1 is 1.31 bits per heavy atom. The molecule has 0 bridgehead atoms. The molecule has 1 aliphatic heterocycles. The second-order valence-electron chi connectivity index (χ2n) is 6.17. The molecule has 5 heteroatoms. The number of carbonyl (C=O) groups is 2. The Morgan fingerprint density at radius 2 is 2.04 bits per heavy atom. The molecule has 0 aromatic heterocycles. The van der Waals surface area contributed by atoms with Gasteiger partial charge in [0.1, 0.15) is 0 Å². The summed E-state index contributed by atoms with van der Waals surface area (Å²) in [6, 6.07) is 13.3. The summed E-state index contributed by atoms with van der Waals surface area (Å²) < 4.78 is 0.451. The van der Waals surface area contributed by atoms with Crippen LogP contribution in [0, 0.1) is 6.92 Å². The van der Waals surface area contributed by atoms with Crippen molar-refractivity contribution in [2.45, 2.75) is 19.9 Å². The van der Waals surface area contributed by atoms with Crippen LogP contribution in [-0.4, -0.2) is 17.0 Å². The summed E-state index contributed by atoms with van der Waals surface area (Å²) in [5, 5.41) is 9.48. The van der Waals surface area contributed by atoms with Gasteiger partial charge in [0.2, 0.25) is 5.91 Å². The Balaban J connectivity index is 2.07. The summed E-state index contributed by atoms with van der Waals surface area (Å²) in [5.74, 6) is -1.34. The summed E-state index contributed by atoms with van der Waals surface area (Å²) in [6.45, 7) is 6.20. The van der Waals surface area contributed by atoms with E-state index in [1.165, 1.54) is 0 Å². The van der Waals surface area contributed by atoms with Gasteiger partial charge in [0, 0.05) is 10.0 Å². The van der Waals surface area contributed by atoms with Crippen molar-refractivity contribution in [3.05, 3.63) is 76.9 Å². The van der Waals surface area contributed by atoms with Gasteiger partial charge in [-0.05, 0) is 51.7 Å². The van der Waals surface area contributed by atoms with Crippen molar-refractivity contribution in [2.75, 3.05) is 4.90 Å². The number of nitrogens with zero attached hydrogens (tertiary/aromatic N) is 1. The van der Waals surface area contributed by atoms with Gasteiger partial charge in [-0.2, -0.15) is 0 Å². The molecule has 26 heavy (non-hydrogen) atoms. The Morgan fingerprint density at radius 3 is 2.73 bits per heavy atom. The van der Waals surface area contributed by atoms with E-state index in [4.69, 9.17) is 0 Å². The number of fused-ring (bicyclic) bond motifs is 1. The van der Waals surface area contributed by atoms with E-state index in [0.29, 0.717) is 22.3 Å². The number of anilines is 1.